The largest absolute Gasteiger partial charge is 0.465 e. The summed E-state index contributed by atoms with van der Waals surface area (Å²) >= 11 is 0. The number of anilines is 1. The second-order valence-electron chi connectivity index (χ2n) is 8.51. The molecule has 1 aliphatic rings. The summed E-state index contributed by atoms with van der Waals surface area (Å²) in [5, 5.41) is 9.76. The molecule has 0 bridgehead atoms. The molecule has 1 aliphatic heterocycles. The number of hydrogen-bond donors (Lipinski definition) is 2. The highest BCUT2D eigenvalue weighted by molar-refractivity contribution is 7.93. The molecule has 1 aromatic rings. The number of halogens is 1. The number of nitrogens with zero attached hydrogens (tertiary/aromatic N) is 2. The van der Waals surface area contributed by atoms with Crippen LogP contribution in [0.4, 0.5) is 14.9 Å². The quantitative estimate of drug-likeness (QED) is 0.705. The average molecular weight is 399 g/mol. The Kier molecular flexibility index (Phi) is 4.84. The van der Waals surface area contributed by atoms with Crippen LogP contribution in [0.25, 0.3) is 0 Å². The third-order valence-corrected chi connectivity index (χ3v) is 7.46. The van der Waals surface area contributed by atoms with Gasteiger partial charge in [0.05, 0.1) is 5.75 Å². The van der Waals surface area contributed by atoms with Crippen molar-refractivity contribution in [2.45, 2.75) is 57.4 Å². The van der Waals surface area contributed by atoms with E-state index in [1.54, 1.807) is 20.8 Å². The Hall–Kier alpha value is -2.16. The third kappa shape index (κ3) is 3.52. The van der Waals surface area contributed by atoms with E-state index in [4.69, 9.17) is 5.73 Å². The highest BCUT2D eigenvalue weighted by atomic mass is 32.2. The fourth-order valence-corrected chi connectivity index (χ4v) is 4.93. The van der Waals surface area contributed by atoms with Crippen molar-refractivity contribution in [3.05, 3.63) is 29.6 Å². The minimum atomic E-state index is -3.88. The molecule has 7 nitrogen and oxygen atoms in total. The van der Waals surface area contributed by atoms with E-state index in [1.807, 2.05) is 0 Å². The van der Waals surface area contributed by atoms with Gasteiger partial charge in [0.2, 0.25) is 0 Å². The normalized spacial score (nSPS) is 24.2. The first-order chi connectivity index (χ1) is 12.0. The van der Waals surface area contributed by atoms with Gasteiger partial charge in [0.15, 0.2) is 9.84 Å². The summed E-state index contributed by atoms with van der Waals surface area (Å²) in [5.74, 6) is -1.26. The molecular formula is C18H26FN3O4S. The van der Waals surface area contributed by atoms with Crippen LogP contribution in [0.5, 0.6) is 0 Å². The number of hydrogen-bond acceptors (Lipinski definition) is 5. The Labute approximate surface area is 159 Å². The maximum atomic E-state index is 14.5. The monoisotopic (exact) mass is 399 g/mol. The molecule has 2 rings (SSSR count). The predicted octanol–water partition coefficient (Wildman–Crippen LogP) is 3.01. The number of sulfone groups is 1. The molecule has 0 saturated carbocycles. The van der Waals surface area contributed by atoms with E-state index in [0.29, 0.717) is 0 Å². The maximum absolute atomic E-state index is 14.5. The van der Waals surface area contributed by atoms with Crippen LogP contribution in [-0.2, 0) is 15.4 Å². The van der Waals surface area contributed by atoms with Crippen molar-refractivity contribution in [3.63, 3.8) is 0 Å². The Morgan fingerprint density at radius 1 is 1.30 bits per heavy atom. The summed E-state index contributed by atoms with van der Waals surface area (Å²) in [4.78, 5) is 17.4. The number of aliphatic imine (C=N–C) groups is 1. The Morgan fingerprint density at radius 3 is 2.33 bits per heavy atom. The SMILES string of the molecule is CC1(c2cc(N)ccc2F)CS(=O)(=O)C(C)(C)C(N(C(=O)O)C(C)(C)C)=N1. The van der Waals surface area contributed by atoms with Crippen molar-refractivity contribution in [1.29, 1.82) is 0 Å². The van der Waals surface area contributed by atoms with Crippen LogP contribution in [0.2, 0.25) is 0 Å². The number of carbonyl (C=O) groups is 1. The molecule has 27 heavy (non-hydrogen) atoms. The van der Waals surface area contributed by atoms with E-state index in [-0.39, 0.29) is 17.1 Å². The lowest BCUT2D eigenvalue weighted by Gasteiger charge is -2.45. The van der Waals surface area contributed by atoms with Crippen LogP contribution in [0.1, 0.15) is 47.1 Å². The summed E-state index contributed by atoms with van der Waals surface area (Å²) in [7, 11) is -3.88. The van der Waals surface area contributed by atoms with Crippen molar-refractivity contribution in [2.24, 2.45) is 4.99 Å². The zero-order chi connectivity index (χ0) is 21.0. The van der Waals surface area contributed by atoms with Gasteiger partial charge in [-0.25, -0.2) is 17.6 Å². The highest BCUT2D eigenvalue weighted by Crippen LogP contribution is 2.41. The minimum absolute atomic E-state index is 0.0123. The van der Waals surface area contributed by atoms with Gasteiger partial charge in [0.25, 0.3) is 0 Å². The third-order valence-electron chi connectivity index (χ3n) is 4.78. The molecule has 1 atom stereocenters. The van der Waals surface area contributed by atoms with Gasteiger partial charge in [-0.3, -0.25) is 9.89 Å². The Bertz CT molecular complexity index is 919. The summed E-state index contributed by atoms with van der Waals surface area (Å²) in [6.45, 7) is 9.22. The van der Waals surface area contributed by atoms with Crippen molar-refractivity contribution >= 4 is 27.5 Å². The molecule has 1 heterocycles. The van der Waals surface area contributed by atoms with E-state index < -0.39 is 43.3 Å². The fraction of sp³-hybridized carbons (Fsp3) is 0.556. The first-order valence-corrected chi connectivity index (χ1v) is 10.1. The maximum Gasteiger partial charge on any atom is 0.413 e. The van der Waals surface area contributed by atoms with Gasteiger partial charge in [0, 0.05) is 16.8 Å². The van der Waals surface area contributed by atoms with Crippen molar-refractivity contribution in [2.75, 3.05) is 11.5 Å². The smallest absolute Gasteiger partial charge is 0.413 e. The van der Waals surface area contributed by atoms with Crippen molar-refractivity contribution < 1.29 is 22.7 Å². The summed E-state index contributed by atoms with van der Waals surface area (Å²) in [6.07, 6.45) is -1.33. The first kappa shape index (κ1) is 21.1. The van der Waals surface area contributed by atoms with Crippen LogP contribution >= 0.6 is 0 Å². The molecule has 0 aliphatic carbocycles. The van der Waals surface area contributed by atoms with Crippen LogP contribution in [0, 0.1) is 5.82 Å². The number of nitrogens with two attached hydrogens (primary N) is 1. The van der Waals surface area contributed by atoms with Crippen LogP contribution < -0.4 is 5.73 Å². The lowest BCUT2D eigenvalue weighted by Crippen LogP contribution is -2.62. The number of nitrogen functional groups attached to an aromatic ring is 1. The standard InChI is InChI=1S/C18H26FN3O4S/c1-16(2,3)22(15(23)24)14-17(4,5)27(25,26)10-18(6,21-14)12-9-11(20)7-8-13(12)19/h7-9H,10,20H2,1-6H3,(H,23,24). The molecular weight excluding hydrogens is 373 g/mol. The van der Waals surface area contributed by atoms with E-state index in [9.17, 15) is 22.7 Å². The number of amides is 1. The summed E-state index contributed by atoms with van der Waals surface area (Å²) in [6, 6.07) is 3.86. The Morgan fingerprint density at radius 2 is 1.85 bits per heavy atom. The molecule has 1 unspecified atom stereocenters. The van der Waals surface area contributed by atoms with Gasteiger partial charge in [-0.2, -0.15) is 0 Å². The second kappa shape index (κ2) is 6.19. The first-order valence-electron chi connectivity index (χ1n) is 8.44. The number of rotatable bonds is 1. The lowest BCUT2D eigenvalue weighted by molar-refractivity contribution is 0.137. The molecule has 0 saturated heterocycles. The number of benzene rings is 1. The molecule has 1 aromatic carbocycles. The topological polar surface area (TPSA) is 113 Å². The number of amidine groups is 1. The molecule has 0 radical (unpaired) electrons. The van der Waals surface area contributed by atoms with Gasteiger partial charge in [-0.05, 0) is 59.7 Å². The zero-order valence-electron chi connectivity index (χ0n) is 16.4. The molecule has 150 valence electrons. The van der Waals surface area contributed by atoms with Gasteiger partial charge in [0.1, 0.15) is 21.9 Å². The highest BCUT2D eigenvalue weighted by Gasteiger charge is 2.54. The van der Waals surface area contributed by atoms with E-state index in [0.717, 1.165) is 11.0 Å². The second-order valence-corrected chi connectivity index (χ2v) is 11.0. The van der Waals surface area contributed by atoms with Crippen LogP contribution in [0.15, 0.2) is 23.2 Å². The van der Waals surface area contributed by atoms with Crippen LogP contribution in [0.3, 0.4) is 0 Å². The van der Waals surface area contributed by atoms with E-state index in [2.05, 4.69) is 4.99 Å². The molecule has 0 fully saturated rings. The summed E-state index contributed by atoms with van der Waals surface area (Å²) in [5.41, 5.74) is 3.56. The fourth-order valence-electron chi connectivity index (χ4n) is 3.20. The zero-order valence-corrected chi connectivity index (χ0v) is 17.2. The predicted molar refractivity (Wildman–Crippen MR) is 103 cm³/mol. The minimum Gasteiger partial charge on any atom is -0.465 e. The van der Waals surface area contributed by atoms with Gasteiger partial charge >= 0.3 is 6.09 Å². The molecule has 3 N–H and O–H groups in total. The van der Waals surface area contributed by atoms with E-state index >= 15 is 0 Å². The molecule has 0 spiro atoms. The molecule has 0 aromatic heterocycles. The van der Waals surface area contributed by atoms with Gasteiger partial charge in [-0.1, -0.05) is 0 Å². The Balaban J connectivity index is 2.86. The van der Waals surface area contributed by atoms with Gasteiger partial charge < -0.3 is 10.8 Å². The van der Waals surface area contributed by atoms with Gasteiger partial charge in [-0.15, -0.1) is 0 Å². The average Bonchev–Trinajstić information content (AvgIpc) is 2.45. The lowest BCUT2D eigenvalue weighted by atomic mass is 9.92. The van der Waals surface area contributed by atoms with E-state index in [1.165, 1.54) is 32.9 Å². The summed E-state index contributed by atoms with van der Waals surface area (Å²) < 4.78 is 39.2. The number of carboxylic acid groups (broad SMARTS) is 1. The molecule has 1 amide bonds. The van der Waals surface area contributed by atoms with Crippen molar-refractivity contribution in [1.82, 2.24) is 4.90 Å². The van der Waals surface area contributed by atoms with Crippen LogP contribution in [-0.4, -0.2) is 46.4 Å². The van der Waals surface area contributed by atoms with Crippen molar-refractivity contribution in [3.8, 4) is 0 Å². The molecule has 9 heteroatoms.